The average molecular weight is 345 g/mol. The van der Waals surface area contributed by atoms with E-state index in [0.29, 0.717) is 31.3 Å². The highest BCUT2D eigenvalue weighted by Gasteiger charge is 2.34. The van der Waals surface area contributed by atoms with Gasteiger partial charge in [0.05, 0.1) is 26.0 Å². The second-order valence-corrected chi connectivity index (χ2v) is 6.34. The first-order chi connectivity index (χ1) is 12.1. The number of benzene rings is 1. The van der Waals surface area contributed by atoms with Crippen LogP contribution in [0.3, 0.4) is 0 Å². The molecule has 0 atom stereocenters. The van der Waals surface area contributed by atoms with Crippen molar-refractivity contribution in [3.8, 4) is 17.3 Å². The van der Waals surface area contributed by atoms with Gasteiger partial charge in [0.25, 0.3) is 5.89 Å². The third-order valence-electron chi connectivity index (χ3n) is 3.86. The maximum atomic E-state index is 13.5. The third-order valence-corrected chi connectivity index (χ3v) is 3.86. The van der Waals surface area contributed by atoms with Crippen LogP contribution < -0.4 is 4.74 Å². The van der Waals surface area contributed by atoms with Crippen LogP contribution in [0.5, 0.6) is 5.75 Å². The summed E-state index contributed by atoms with van der Waals surface area (Å²) in [7, 11) is 0. The lowest BCUT2D eigenvalue weighted by Gasteiger charge is -2.37. The first-order valence-electron chi connectivity index (χ1n) is 7.79. The van der Waals surface area contributed by atoms with E-state index in [0.717, 1.165) is 0 Å². The molecule has 0 bridgehead atoms. The van der Waals surface area contributed by atoms with E-state index in [-0.39, 0.29) is 23.7 Å². The minimum Gasteiger partial charge on any atom is -0.482 e. The van der Waals surface area contributed by atoms with Crippen LogP contribution in [0.15, 0.2) is 35.0 Å². The first-order valence-corrected chi connectivity index (χ1v) is 7.79. The molecule has 3 aromatic rings. The molecule has 0 amide bonds. The minimum atomic E-state index is -0.442. The quantitative estimate of drug-likeness (QED) is 0.676. The molecule has 1 fully saturated rings. The summed E-state index contributed by atoms with van der Waals surface area (Å²) in [5, 5.41) is 11.9. The van der Waals surface area contributed by atoms with Crippen molar-refractivity contribution in [1.82, 2.24) is 25.1 Å². The van der Waals surface area contributed by atoms with Crippen LogP contribution in [0.1, 0.15) is 12.7 Å². The van der Waals surface area contributed by atoms with Gasteiger partial charge < -0.3 is 14.0 Å². The van der Waals surface area contributed by atoms with E-state index < -0.39 is 5.82 Å². The average Bonchev–Trinajstić information content (AvgIpc) is 3.22. The Bertz CT molecular complexity index is 874. The standard InChI is InChI=1S/C16H16FN5O3/c1-16(9-23-10-16)8-22-6-12(19-21-22)15-18-14(20-25-15)7-24-13-5-3-2-4-11(13)17/h2-6H,7-10H2,1H3. The molecule has 9 heteroatoms. The second kappa shape index (κ2) is 6.25. The number of aromatic nitrogens is 5. The highest BCUT2D eigenvalue weighted by Crippen LogP contribution is 2.28. The van der Waals surface area contributed by atoms with Gasteiger partial charge in [-0.3, -0.25) is 4.68 Å². The molecule has 0 unspecified atom stereocenters. The van der Waals surface area contributed by atoms with E-state index in [4.69, 9.17) is 14.0 Å². The smallest absolute Gasteiger partial charge is 0.280 e. The van der Waals surface area contributed by atoms with Gasteiger partial charge in [-0.2, -0.15) is 4.98 Å². The number of halogens is 1. The Hall–Kier alpha value is -2.81. The first kappa shape index (κ1) is 15.7. The fraction of sp³-hybridized carbons (Fsp3) is 0.375. The van der Waals surface area contributed by atoms with Gasteiger partial charge >= 0.3 is 0 Å². The predicted molar refractivity (Wildman–Crippen MR) is 83.0 cm³/mol. The van der Waals surface area contributed by atoms with Crippen molar-refractivity contribution < 1.29 is 18.4 Å². The van der Waals surface area contributed by atoms with E-state index in [1.165, 1.54) is 12.1 Å². The maximum absolute atomic E-state index is 13.5. The molecule has 130 valence electrons. The Balaban J connectivity index is 1.41. The lowest BCUT2D eigenvalue weighted by molar-refractivity contribution is -0.111. The van der Waals surface area contributed by atoms with E-state index in [1.807, 2.05) is 0 Å². The Morgan fingerprint density at radius 3 is 2.92 bits per heavy atom. The van der Waals surface area contributed by atoms with E-state index in [1.54, 1.807) is 23.0 Å². The number of hydrogen-bond donors (Lipinski definition) is 0. The van der Waals surface area contributed by atoms with E-state index >= 15 is 0 Å². The van der Waals surface area contributed by atoms with Crippen LogP contribution >= 0.6 is 0 Å². The number of ether oxygens (including phenoxy) is 2. The van der Waals surface area contributed by atoms with E-state index in [2.05, 4.69) is 27.4 Å². The van der Waals surface area contributed by atoms with Crippen LogP contribution in [0, 0.1) is 11.2 Å². The molecule has 0 saturated carbocycles. The van der Waals surface area contributed by atoms with Crippen LogP contribution in [0.4, 0.5) is 4.39 Å². The summed E-state index contributed by atoms with van der Waals surface area (Å²) in [6, 6.07) is 6.13. The Morgan fingerprint density at radius 1 is 1.32 bits per heavy atom. The molecule has 3 heterocycles. The lowest BCUT2D eigenvalue weighted by atomic mass is 9.89. The van der Waals surface area contributed by atoms with Gasteiger partial charge in [0.2, 0.25) is 5.82 Å². The summed E-state index contributed by atoms with van der Waals surface area (Å²) in [6.45, 7) is 4.24. The van der Waals surface area contributed by atoms with Crippen LogP contribution in [-0.4, -0.2) is 38.3 Å². The summed E-state index contributed by atoms with van der Waals surface area (Å²) >= 11 is 0. The van der Waals surface area contributed by atoms with Crippen molar-refractivity contribution in [2.45, 2.75) is 20.1 Å². The van der Waals surface area contributed by atoms with Crippen molar-refractivity contribution in [1.29, 1.82) is 0 Å². The van der Waals surface area contributed by atoms with E-state index in [9.17, 15) is 4.39 Å². The minimum absolute atomic E-state index is 0.00597. The zero-order valence-corrected chi connectivity index (χ0v) is 13.6. The summed E-state index contributed by atoms with van der Waals surface area (Å²) < 4.78 is 31.0. The topological polar surface area (TPSA) is 88.1 Å². The molecule has 0 N–H and O–H groups in total. The fourth-order valence-corrected chi connectivity index (χ4v) is 2.53. The Morgan fingerprint density at radius 2 is 2.16 bits per heavy atom. The highest BCUT2D eigenvalue weighted by molar-refractivity contribution is 5.43. The van der Waals surface area contributed by atoms with Crippen LogP contribution in [-0.2, 0) is 17.9 Å². The molecule has 1 aromatic carbocycles. The van der Waals surface area contributed by atoms with Crippen LogP contribution in [0.2, 0.25) is 0 Å². The third kappa shape index (κ3) is 3.36. The number of hydrogen-bond acceptors (Lipinski definition) is 7. The number of rotatable bonds is 6. The predicted octanol–water partition coefficient (Wildman–Crippen LogP) is 2.08. The molecule has 0 aliphatic carbocycles. The lowest BCUT2D eigenvalue weighted by Crippen LogP contribution is -2.43. The molecular formula is C16H16FN5O3. The van der Waals surface area contributed by atoms with Gasteiger partial charge in [-0.15, -0.1) is 5.10 Å². The van der Waals surface area contributed by atoms with Gasteiger partial charge in [-0.05, 0) is 12.1 Å². The molecule has 8 nitrogen and oxygen atoms in total. The van der Waals surface area contributed by atoms with Gasteiger partial charge in [0.1, 0.15) is 0 Å². The SMILES string of the molecule is CC1(Cn2cc(-c3nc(COc4ccccc4F)no3)nn2)COC1. The normalized spacial score (nSPS) is 15.8. The Labute approximate surface area is 142 Å². The molecule has 25 heavy (non-hydrogen) atoms. The number of para-hydroxylation sites is 1. The second-order valence-electron chi connectivity index (χ2n) is 6.34. The fourth-order valence-electron chi connectivity index (χ4n) is 2.53. The summed E-state index contributed by atoms with van der Waals surface area (Å²) in [4.78, 5) is 4.20. The van der Waals surface area contributed by atoms with Gasteiger partial charge in [-0.1, -0.05) is 29.4 Å². The largest absolute Gasteiger partial charge is 0.482 e. The van der Waals surface area contributed by atoms with Gasteiger partial charge in [-0.25, -0.2) is 4.39 Å². The summed E-state index contributed by atoms with van der Waals surface area (Å²) in [5.41, 5.74) is 0.562. The zero-order chi connectivity index (χ0) is 17.3. The van der Waals surface area contributed by atoms with Crippen molar-refractivity contribution >= 4 is 0 Å². The summed E-state index contributed by atoms with van der Waals surface area (Å²) in [5.74, 6) is 0.235. The molecular weight excluding hydrogens is 329 g/mol. The zero-order valence-electron chi connectivity index (χ0n) is 13.6. The maximum Gasteiger partial charge on any atom is 0.280 e. The summed E-state index contributed by atoms with van der Waals surface area (Å²) in [6.07, 6.45) is 1.75. The van der Waals surface area contributed by atoms with Gasteiger partial charge in [0, 0.05) is 5.41 Å². The Kier molecular flexibility index (Phi) is 3.92. The molecule has 1 saturated heterocycles. The van der Waals surface area contributed by atoms with Crippen LogP contribution in [0.25, 0.3) is 11.6 Å². The molecule has 4 rings (SSSR count). The highest BCUT2D eigenvalue weighted by atomic mass is 19.1. The number of nitrogens with zero attached hydrogens (tertiary/aromatic N) is 5. The molecule has 0 spiro atoms. The van der Waals surface area contributed by atoms with Crippen molar-refractivity contribution in [3.05, 3.63) is 42.1 Å². The monoisotopic (exact) mass is 345 g/mol. The molecule has 1 aliphatic rings. The molecule has 0 radical (unpaired) electrons. The molecule has 1 aliphatic heterocycles. The van der Waals surface area contributed by atoms with Crippen molar-refractivity contribution in [2.24, 2.45) is 5.41 Å². The van der Waals surface area contributed by atoms with Crippen molar-refractivity contribution in [3.63, 3.8) is 0 Å². The van der Waals surface area contributed by atoms with Gasteiger partial charge in [0.15, 0.2) is 23.9 Å². The molecule has 2 aromatic heterocycles. The van der Waals surface area contributed by atoms with Crippen molar-refractivity contribution in [2.75, 3.05) is 13.2 Å².